The number of carboxylic acids is 1. The molecule has 17 heavy (non-hydrogen) atoms. The molecular weight excluding hydrogens is 224 g/mol. The van der Waals surface area contributed by atoms with Crippen LogP contribution in [0.15, 0.2) is 18.2 Å². The Morgan fingerprint density at radius 1 is 1.53 bits per heavy atom. The minimum Gasteiger partial charge on any atom is -0.497 e. The third kappa shape index (κ3) is 2.01. The summed E-state index contributed by atoms with van der Waals surface area (Å²) in [6, 6.07) is 4.33. The van der Waals surface area contributed by atoms with Crippen LogP contribution in [0.1, 0.15) is 10.4 Å². The Balaban J connectivity index is 2.45. The zero-order chi connectivity index (χ0) is 12.4. The van der Waals surface area contributed by atoms with Crippen molar-refractivity contribution in [3.8, 4) is 5.75 Å². The van der Waals surface area contributed by atoms with E-state index in [0.29, 0.717) is 24.5 Å². The standard InChI is InChI=1S/C11H12N2O4/c1-17-7-2-3-9(8(6-7)10(14)15)13-5-4-12-11(13)16/h2-3,6H,4-5H2,1H3,(H,12,16)(H,14,15). The van der Waals surface area contributed by atoms with Crippen molar-refractivity contribution in [2.45, 2.75) is 0 Å². The predicted molar refractivity (Wildman–Crippen MR) is 60.7 cm³/mol. The van der Waals surface area contributed by atoms with E-state index in [4.69, 9.17) is 9.84 Å². The highest BCUT2D eigenvalue weighted by molar-refractivity contribution is 6.02. The molecule has 1 saturated heterocycles. The molecular formula is C11H12N2O4. The zero-order valence-electron chi connectivity index (χ0n) is 9.27. The molecule has 1 aliphatic heterocycles. The lowest BCUT2D eigenvalue weighted by Crippen LogP contribution is -2.29. The van der Waals surface area contributed by atoms with Crippen molar-refractivity contribution in [3.05, 3.63) is 23.8 Å². The van der Waals surface area contributed by atoms with Gasteiger partial charge in [-0.1, -0.05) is 0 Å². The van der Waals surface area contributed by atoms with Crippen LogP contribution in [0.5, 0.6) is 5.75 Å². The Morgan fingerprint density at radius 3 is 2.82 bits per heavy atom. The maximum Gasteiger partial charge on any atom is 0.337 e. The maximum atomic E-state index is 11.5. The van der Waals surface area contributed by atoms with Gasteiger partial charge in [-0.2, -0.15) is 0 Å². The second-order valence-electron chi connectivity index (χ2n) is 3.57. The van der Waals surface area contributed by atoms with Gasteiger partial charge in [0.1, 0.15) is 5.75 Å². The molecule has 2 N–H and O–H groups in total. The highest BCUT2D eigenvalue weighted by atomic mass is 16.5. The monoisotopic (exact) mass is 236 g/mol. The molecule has 2 rings (SSSR count). The van der Waals surface area contributed by atoms with Gasteiger partial charge in [-0.3, -0.25) is 4.90 Å². The summed E-state index contributed by atoms with van der Waals surface area (Å²) in [7, 11) is 1.46. The second kappa shape index (κ2) is 4.32. The summed E-state index contributed by atoms with van der Waals surface area (Å²) in [5.41, 5.74) is 0.440. The smallest absolute Gasteiger partial charge is 0.337 e. The van der Waals surface area contributed by atoms with Crippen molar-refractivity contribution in [3.63, 3.8) is 0 Å². The SMILES string of the molecule is COc1ccc(N2CCNC2=O)c(C(=O)O)c1. The Morgan fingerprint density at radius 2 is 2.29 bits per heavy atom. The summed E-state index contributed by atoms with van der Waals surface area (Å²) in [5, 5.41) is 11.7. The number of ether oxygens (including phenoxy) is 1. The topological polar surface area (TPSA) is 78.9 Å². The molecule has 6 heteroatoms. The number of urea groups is 1. The van der Waals surface area contributed by atoms with Gasteiger partial charge >= 0.3 is 12.0 Å². The summed E-state index contributed by atoms with van der Waals surface area (Å²) in [4.78, 5) is 24.0. The average Bonchev–Trinajstić information content (AvgIpc) is 2.74. The van der Waals surface area contributed by atoms with E-state index in [1.807, 2.05) is 0 Å². The van der Waals surface area contributed by atoms with Crippen LogP contribution in [-0.4, -0.2) is 37.3 Å². The quantitative estimate of drug-likeness (QED) is 0.818. The lowest BCUT2D eigenvalue weighted by Gasteiger charge is -2.17. The number of carbonyl (C=O) groups excluding carboxylic acids is 1. The second-order valence-corrected chi connectivity index (χ2v) is 3.57. The third-order valence-electron chi connectivity index (χ3n) is 2.58. The molecule has 0 saturated carbocycles. The Kier molecular flexibility index (Phi) is 2.86. The molecule has 1 aromatic rings. The molecule has 1 fully saturated rings. The largest absolute Gasteiger partial charge is 0.497 e. The van der Waals surface area contributed by atoms with Crippen LogP contribution in [0.3, 0.4) is 0 Å². The van der Waals surface area contributed by atoms with Crippen molar-refractivity contribution >= 4 is 17.7 Å². The summed E-state index contributed by atoms with van der Waals surface area (Å²) < 4.78 is 4.97. The van der Waals surface area contributed by atoms with Gasteiger partial charge in [-0.15, -0.1) is 0 Å². The van der Waals surface area contributed by atoms with Gasteiger partial charge in [0.05, 0.1) is 18.4 Å². The Labute approximate surface area is 97.8 Å². The fourth-order valence-corrected chi connectivity index (χ4v) is 1.75. The first-order valence-electron chi connectivity index (χ1n) is 5.10. The van der Waals surface area contributed by atoms with Crippen LogP contribution in [0, 0.1) is 0 Å². The number of aromatic carboxylic acids is 1. The van der Waals surface area contributed by atoms with Crippen LogP contribution in [-0.2, 0) is 0 Å². The van der Waals surface area contributed by atoms with Crippen LogP contribution >= 0.6 is 0 Å². The number of hydrogen-bond acceptors (Lipinski definition) is 3. The van der Waals surface area contributed by atoms with Gasteiger partial charge < -0.3 is 15.2 Å². The summed E-state index contributed by atoms with van der Waals surface area (Å²) in [6.07, 6.45) is 0. The highest BCUT2D eigenvalue weighted by Gasteiger charge is 2.25. The summed E-state index contributed by atoms with van der Waals surface area (Å²) in [6.45, 7) is 0.982. The first-order chi connectivity index (χ1) is 8.13. The molecule has 6 nitrogen and oxygen atoms in total. The number of nitrogens with zero attached hydrogens (tertiary/aromatic N) is 1. The number of anilines is 1. The van der Waals surface area contributed by atoms with E-state index in [9.17, 15) is 9.59 Å². The molecule has 0 bridgehead atoms. The van der Waals surface area contributed by atoms with E-state index in [2.05, 4.69) is 5.32 Å². The minimum absolute atomic E-state index is 0.0569. The molecule has 2 amide bonds. The average molecular weight is 236 g/mol. The number of carboxylic acid groups (broad SMARTS) is 1. The van der Waals surface area contributed by atoms with Crippen LogP contribution in [0.2, 0.25) is 0 Å². The van der Waals surface area contributed by atoms with E-state index < -0.39 is 5.97 Å². The van der Waals surface area contributed by atoms with E-state index in [0.717, 1.165) is 0 Å². The van der Waals surface area contributed by atoms with Crippen molar-refractivity contribution in [2.75, 3.05) is 25.1 Å². The molecule has 1 heterocycles. The van der Waals surface area contributed by atoms with Crippen LogP contribution in [0.25, 0.3) is 0 Å². The number of amides is 2. The van der Waals surface area contributed by atoms with Gasteiger partial charge in [0.2, 0.25) is 0 Å². The number of benzene rings is 1. The first kappa shape index (κ1) is 11.3. The molecule has 0 radical (unpaired) electrons. The van der Waals surface area contributed by atoms with E-state index in [1.165, 1.54) is 18.1 Å². The first-order valence-corrected chi connectivity index (χ1v) is 5.10. The zero-order valence-corrected chi connectivity index (χ0v) is 9.27. The lowest BCUT2D eigenvalue weighted by molar-refractivity contribution is 0.0697. The highest BCUT2D eigenvalue weighted by Crippen LogP contribution is 2.26. The van der Waals surface area contributed by atoms with Gasteiger partial charge in [0, 0.05) is 13.1 Å². The van der Waals surface area contributed by atoms with E-state index in [1.54, 1.807) is 12.1 Å². The third-order valence-corrected chi connectivity index (χ3v) is 2.58. The molecule has 90 valence electrons. The summed E-state index contributed by atoms with van der Waals surface area (Å²) >= 11 is 0. The number of rotatable bonds is 3. The van der Waals surface area contributed by atoms with Crippen molar-refractivity contribution < 1.29 is 19.4 Å². The van der Waals surface area contributed by atoms with E-state index in [-0.39, 0.29) is 11.6 Å². The number of carbonyl (C=O) groups is 2. The van der Waals surface area contributed by atoms with Gasteiger partial charge in [-0.05, 0) is 18.2 Å². The number of methoxy groups -OCH3 is 1. The number of nitrogens with one attached hydrogen (secondary N) is 1. The van der Waals surface area contributed by atoms with Crippen LogP contribution in [0.4, 0.5) is 10.5 Å². The van der Waals surface area contributed by atoms with Gasteiger partial charge in [0.15, 0.2) is 0 Å². The molecule has 1 aliphatic rings. The Hall–Kier alpha value is -2.24. The van der Waals surface area contributed by atoms with Crippen molar-refractivity contribution in [1.82, 2.24) is 5.32 Å². The lowest BCUT2D eigenvalue weighted by atomic mass is 10.1. The fourth-order valence-electron chi connectivity index (χ4n) is 1.75. The molecule has 1 aromatic carbocycles. The van der Waals surface area contributed by atoms with Crippen molar-refractivity contribution in [1.29, 1.82) is 0 Å². The molecule has 0 aliphatic carbocycles. The molecule has 0 spiro atoms. The molecule has 0 aromatic heterocycles. The van der Waals surface area contributed by atoms with Crippen molar-refractivity contribution in [2.24, 2.45) is 0 Å². The maximum absolute atomic E-state index is 11.5. The Bertz CT molecular complexity index is 473. The fraction of sp³-hybridized carbons (Fsp3) is 0.273. The van der Waals surface area contributed by atoms with Gasteiger partial charge in [0.25, 0.3) is 0 Å². The van der Waals surface area contributed by atoms with E-state index >= 15 is 0 Å². The predicted octanol–water partition coefficient (Wildman–Crippen LogP) is 0.923. The molecule has 0 atom stereocenters. The number of hydrogen-bond donors (Lipinski definition) is 2. The normalized spacial score (nSPS) is 14.6. The molecule has 0 unspecified atom stereocenters. The van der Waals surface area contributed by atoms with Gasteiger partial charge in [-0.25, -0.2) is 9.59 Å². The summed E-state index contributed by atoms with van der Waals surface area (Å²) in [5.74, 6) is -0.635. The minimum atomic E-state index is -1.08. The van der Waals surface area contributed by atoms with Crippen LogP contribution < -0.4 is 15.0 Å².